The Bertz CT molecular complexity index is 637. The van der Waals surface area contributed by atoms with Crippen LogP contribution < -0.4 is 5.56 Å². The summed E-state index contributed by atoms with van der Waals surface area (Å²) in [6.07, 6.45) is 9.67. The standard InChI is InChI=1S/C13H16BrN5O/c14-11-7-16-19(9-11)12-1-3-17(10-12)5-6-18-4-2-15-8-13(18)20/h2,4,7-9,12H,1,3,5-6,10H2. The molecule has 1 atom stereocenters. The Balaban J connectivity index is 1.56. The van der Waals surface area contributed by atoms with Gasteiger partial charge in [-0.2, -0.15) is 5.10 Å². The van der Waals surface area contributed by atoms with Crippen LogP contribution in [0, 0.1) is 0 Å². The molecule has 1 fully saturated rings. The van der Waals surface area contributed by atoms with Gasteiger partial charge >= 0.3 is 0 Å². The summed E-state index contributed by atoms with van der Waals surface area (Å²) in [5.74, 6) is 0. The minimum Gasteiger partial charge on any atom is -0.311 e. The zero-order valence-electron chi connectivity index (χ0n) is 11.0. The predicted octanol–water partition coefficient (Wildman–Crippen LogP) is 1.15. The molecule has 0 radical (unpaired) electrons. The lowest BCUT2D eigenvalue weighted by Gasteiger charge is -2.16. The van der Waals surface area contributed by atoms with E-state index in [0.29, 0.717) is 12.6 Å². The smallest absolute Gasteiger partial charge is 0.269 e. The van der Waals surface area contributed by atoms with Crippen LogP contribution in [0.1, 0.15) is 12.5 Å². The second kappa shape index (κ2) is 5.88. The maximum Gasteiger partial charge on any atom is 0.269 e. The van der Waals surface area contributed by atoms with Crippen LogP contribution >= 0.6 is 15.9 Å². The van der Waals surface area contributed by atoms with Crippen LogP contribution in [0.5, 0.6) is 0 Å². The highest BCUT2D eigenvalue weighted by Gasteiger charge is 2.24. The first-order valence-electron chi connectivity index (χ1n) is 6.65. The summed E-state index contributed by atoms with van der Waals surface area (Å²) in [6.45, 7) is 3.61. The monoisotopic (exact) mass is 337 g/mol. The van der Waals surface area contributed by atoms with Gasteiger partial charge in [0, 0.05) is 44.8 Å². The zero-order chi connectivity index (χ0) is 13.9. The summed E-state index contributed by atoms with van der Waals surface area (Å²) >= 11 is 3.42. The molecule has 1 unspecified atom stereocenters. The first-order chi connectivity index (χ1) is 9.72. The number of hydrogen-bond acceptors (Lipinski definition) is 4. The molecule has 2 aromatic heterocycles. The predicted molar refractivity (Wildman–Crippen MR) is 78.5 cm³/mol. The van der Waals surface area contributed by atoms with Gasteiger partial charge in [-0.3, -0.25) is 19.4 Å². The van der Waals surface area contributed by atoms with Crippen LogP contribution in [0.15, 0.2) is 40.3 Å². The van der Waals surface area contributed by atoms with Crippen molar-refractivity contribution in [2.24, 2.45) is 0 Å². The van der Waals surface area contributed by atoms with Gasteiger partial charge in [0.05, 0.1) is 22.9 Å². The molecular weight excluding hydrogens is 322 g/mol. The van der Waals surface area contributed by atoms with Crippen LogP contribution in [-0.2, 0) is 6.54 Å². The van der Waals surface area contributed by atoms with Crippen molar-refractivity contribution >= 4 is 15.9 Å². The summed E-state index contributed by atoms with van der Waals surface area (Å²) in [7, 11) is 0. The fourth-order valence-corrected chi connectivity index (χ4v) is 2.85. The Hall–Kier alpha value is -1.47. The van der Waals surface area contributed by atoms with Crippen LogP contribution in [0.4, 0.5) is 0 Å². The van der Waals surface area contributed by atoms with Crippen molar-refractivity contribution in [2.45, 2.75) is 19.0 Å². The van der Waals surface area contributed by atoms with E-state index in [2.05, 4.69) is 30.9 Å². The number of rotatable bonds is 4. The number of nitrogens with zero attached hydrogens (tertiary/aromatic N) is 5. The van der Waals surface area contributed by atoms with Crippen LogP contribution in [0.3, 0.4) is 0 Å². The molecule has 6 nitrogen and oxygen atoms in total. The van der Waals surface area contributed by atoms with Gasteiger partial charge in [-0.25, -0.2) is 0 Å². The SMILES string of the molecule is O=c1cnccn1CCN1CCC(n2cc(Br)cn2)C1. The van der Waals surface area contributed by atoms with E-state index >= 15 is 0 Å². The summed E-state index contributed by atoms with van der Waals surface area (Å²) < 4.78 is 4.73. The average Bonchev–Trinajstić information content (AvgIpc) is 3.06. The molecule has 3 rings (SSSR count). The van der Waals surface area contributed by atoms with Crippen molar-refractivity contribution in [3.8, 4) is 0 Å². The zero-order valence-corrected chi connectivity index (χ0v) is 12.6. The topological polar surface area (TPSA) is 56.0 Å². The first-order valence-corrected chi connectivity index (χ1v) is 7.44. The molecule has 1 aliphatic rings. The fraction of sp³-hybridized carbons (Fsp3) is 0.462. The van der Waals surface area contributed by atoms with Crippen molar-refractivity contribution in [1.29, 1.82) is 0 Å². The Labute approximate surface area is 125 Å². The lowest BCUT2D eigenvalue weighted by Crippen LogP contribution is -2.29. The molecule has 0 spiro atoms. The van der Waals surface area contributed by atoms with E-state index in [1.165, 1.54) is 6.20 Å². The maximum atomic E-state index is 11.6. The molecule has 0 aromatic carbocycles. The van der Waals surface area contributed by atoms with E-state index in [0.717, 1.165) is 30.5 Å². The lowest BCUT2D eigenvalue weighted by molar-refractivity contribution is 0.303. The summed E-state index contributed by atoms with van der Waals surface area (Å²) in [5, 5.41) is 4.34. The van der Waals surface area contributed by atoms with Gasteiger partial charge in [-0.05, 0) is 22.4 Å². The molecule has 0 N–H and O–H groups in total. The quantitative estimate of drug-likeness (QED) is 0.839. The van der Waals surface area contributed by atoms with E-state index in [9.17, 15) is 4.79 Å². The normalized spacial score (nSPS) is 19.6. The fourth-order valence-electron chi connectivity index (χ4n) is 2.55. The average molecular weight is 338 g/mol. The highest BCUT2D eigenvalue weighted by atomic mass is 79.9. The first kappa shape index (κ1) is 13.5. The molecule has 2 aromatic rings. The van der Waals surface area contributed by atoms with E-state index in [1.807, 2.05) is 17.1 Å². The second-order valence-corrected chi connectivity index (χ2v) is 5.91. The summed E-state index contributed by atoms with van der Waals surface area (Å²) in [4.78, 5) is 17.8. The van der Waals surface area contributed by atoms with E-state index in [-0.39, 0.29) is 5.56 Å². The largest absolute Gasteiger partial charge is 0.311 e. The highest BCUT2D eigenvalue weighted by molar-refractivity contribution is 9.10. The molecular formula is C13H16BrN5O. The van der Waals surface area contributed by atoms with Crippen LogP contribution in [0.2, 0.25) is 0 Å². The third-order valence-electron chi connectivity index (χ3n) is 3.65. The van der Waals surface area contributed by atoms with Crippen LogP contribution in [0.25, 0.3) is 0 Å². The van der Waals surface area contributed by atoms with Crippen molar-refractivity contribution in [1.82, 2.24) is 24.2 Å². The van der Waals surface area contributed by atoms with Gasteiger partial charge in [-0.1, -0.05) is 0 Å². The van der Waals surface area contributed by atoms with Crippen molar-refractivity contribution in [2.75, 3.05) is 19.6 Å². The molecule has 1 saturated heterocycles. The second-order valence-electron chi connectivity index (χ2n) is 4.99. The molecule has 0 bridgehead atoms. The Morgan fingerprint density at radius 1 is 1.35 bits per heavy atom. The summed E-state index contributed by atoms with van der Waals surface area (Å²) in [5.41, 5.74) is -0.0424. The van der Waals surface area contributed by atoms with Gasteiger partial charge in [-0.15, -0.1) is 0 Å². The van der Waals surface area contributed by atoms with Crippen LogP contribution in [-0.4, -0.2) is 43.9 Å². The van der Waals surface area contributed by atoms with Gasteiger partial charge < -0.3 is 4.57 Å². The van der Waals surface area contributed by atoms with Crippen molar-refractivity contribution in [3.05, 3.63) is 45.8 Å². The van der Waals surface area contributed by atoms with Gasteiger partial charge in [0.1, 0.15) is 0 Å². The minimum atomic E-state index is -0.0424. The van der Waals surface area contributed by atoms with Gasteiger partial charge in [0.2, 0.25) is 0 Å². The van der Waals surface area contributed by atoms with Crippen molar-refractivity contribution < 1.29 is 0 Å². The third-order valence-corrected chi connectivity index (χ3v) is 4.06. The molecule has 3 heterocycles. The molecule has 106 valence electrons. The van der Waals surface area contributed by atoms with E-state index in [1.54, 1.807) is 17.0 Å². The molecule has 0 amide bonds. The minimum absolute atomic E-state index is 0.0424. The molecule has 0 aliphatic carbocycles. The lowest BCUT2D eigenvalue weighted by atomic mass is 10.3. The van der Waals surface area contributed by atoms with E-state index < -0.39 is 0 Å². The number of likely N-dealkylation sites (tertiary alicyclic amines) is 1. The molecule has 7 heteroatoms. The van der Waals surface area contributed by atoms with Gasteiger partial charge in [0.15, 0.2) is 0 Å². The Morgan fingerprint density at radius 3 is 3.00 bits per heavy atom. The van der Waals surface area contributed by atoms with E-state index in [4.69, 9.17) is 0 Å². The summed E-state index contributed by atoms with van der Waals surface area (Å²) in [6, 6.07) is 0.426. The highest BCUT2D eigenvalue weighted by Crippen LogP contribution is 2.22. The van der Waals surface area contributed by atoms with Gasteiger partial charge in [0.25, 0.3) is 5.56 Å². The maximum absolute atomic E-state index is 11.6. The Morgan fingerprint density at radius 2 is 2.25 bits per heavy atom. The molecule has 0 saturated carbocycles. The number of hydrogen-bond donors (Lipinski definition) is 0. The molecule has 1 aliphatic heterocycles. The Kier molecular flexibility index (Phi) is 3.98. The van der Waals surface area contributed by atoms with Crippen molar-refractivity contribution in [3.63, 3.8) is 0 Å². The number of aromatic nitrogens is 4. The third kappa shape index (κ3) is 2.99. The number of halogens is 1. The molecule has 20 heavy (non-hydrogen) atoms.